The molecule has 1 aliphatic rings. The van der Waals surface area contributed by atoms with Gasteiger partial charge in [-0.2, -0.15) is 0 Å². The van der Waals surface area contributed by atoms with Gasteiger partial charge >= 0.3 is 0 Å². The summed E-state index contributed by atoms with van der Waals surface area (Å²) in [4.78, 5) is 17.8. The van der Waals surface area contributed by atoms with Crippen molar-refractivity contribution in [1.82, 2.24) is 19.9 Å². The number of nitrogens with one attached hydrogen (secondary N) is 1. The third kappa shape index (κ3) is 2.90. The highest BCUT2D eigenvalue weighted by Crippen LogP contribution is 2.31. The van der Waals surface area contributed by atoms with Crippen LogP contribution < -0.4 is 5.32 Å². The molecule has 0 spiro atoms. The summed E-state index contributed by atoms with van der Waals surface area (Å²) in [6.07, 6.45) is 10.2. The standard InChI is InChI=1S/C18H17N5/c1-2-5-13(6-3-1)18-21-11-14-15(7-4-8-16(14)23-18)22-17-12-19-9-10-20-17/h1-3,5-6,9-12,15H,4,7-8H2,(H,20,22)/t15-/m1/s1. The fourth-order valence-corrected chi connectivity index (χ4v) is 2.98. The molecule has 0 bridgehead atoms. The van der Waals surface area contributed by atoms with Crippen LogP contribution in [0.1, 0.15) is 30.1 Å². The topological polar surface area (TPSA) is 63.6 Å². The molecule has 1 aliphatic carbocycles. The summed E-state index contributed by atoms with van der Waals surface area (Å²) in [5.41, 5.74) is 3.35. The van der Waals surface area contributed by atoms with Crippen LogP contribution >= 0.6 is 0 Å². The number of hydrogen-bond donors (Lipinski definition) is 1. The zero-order valence-electron chi connectivity index (χ0n) is 12.7. The average Bonchev–Trinajstić information content (AvgIpc) is 2.63. The molecule has 1 aromatic carbocycles. The average molecular weight is 303 g/mol. The molecule has 2 aromatic heterocycles. The van der Waals surface area contributed by atoms with Crippen molar-refractivity contribution in [2.75, 3.05) is 5.32 Å². The predicted molar refractivity (Wildman–Crippen MR) is 88.8 cm³/mol. The second kappa shape index (κ2) is 6.12. The van der Waals surface area contributed by atoms with E-state index in [4.69, 9.17) is 4.98 Å². The Morgan fingerprint density at radius 2 is 1.91 bits per heavy atom. The summed E-state index contributed by atoms with van der Waals surface area (Å²) >= 11 is 0. The van der Waals surface area contributed by atoms with Gasteiger partial charge in [-0.1, -0.05) is 30.3 Å². The van der Waals surface area contributed by atoms with Gasteiger partial charge in [-0.15, -0.1) is 0 Å². The molecule has 0 saturated heterocycles. The molecule has 0 fully saturated rings. The third-order valence-electron chi connectivity index (χ3n) is 4.10. The number of nitrogens with zero attached hydrogens (tertiary/aromatic N) is 4. The Bertz CT molecular complexity index is 789. The second-order valence-corrected chi connectivity index (χ2v) is 5.64. The van der Waals surface area contributed by atoms with Gasteiger partial charge in [0, 0.05) is 35.4 Å². The number of anilines is 1. The van der Waals surface area contributed by atoms with Crippen molar-refractivity contribution in [3.8, 4) is 11.4 Å². The summed E-state index contributed by atoms with van der Waals surface area (Å²) in [5, 5.41) is 3.44. The van der Waals surface area contributed by atoms with Gasteiger partial charge in [-0.3, -0.25) is 4.98 Å². The minimum Gasteiger partial charge on any atom is -0.362 e. The normalized spacial score (nSPS) is 16.6. The van der Waals surface area contributed by atoms with Crippen molar-refractivity contribution in [2.24, 2.45) is 0 Å². The highest BCUT2D eigenvalue weighted by atomic mass is 15.0. The van der Waals surface area contributed by atoms with Crippen molar-refractivity contribution in [2.45, 2.75) is 25.3 Å². The largest absolute Gasteiger partial charge is 0.362 e. The van der Waals surface area contributed by atoms with E-state index in [2.05, 4.69) is 20.3 Å². The summed E-state index contributed by atoms with van der Waals surface area (Å²) < 4.78 is 0. The lowest BCUT2D eigenvalue weighted by molar-refractivity contribution is 0.583. The Labute approximate surface area is 134 Å². The first-order valence-corrected chi connectivity index (χ1v) is 7.84. The van der Waals surface area contributed by atoms with Crippen molar-refractivity contribution in [3.63, 3.8) is 0 Å². The summed E-state index contributed by atoms with van der Waals surface area (Å²) in [6.45, 7) is 0. The Kier molecular flexibility index (Phi) is 3.68. The molecule has 3 aromatic rings. The molecule has 5 heteroatoms. The van der Waals surface area contributed by atoms with Gasteiger partial charge in [0.2, 0.25) is 0 Å². The molecular weight excluding hydrogens is 286 g/mol. The molecule has 0 saturated carbocycles. The van der Waals surface area contributed by atoms with E-state index < -0.39 is 0 Å². The molecule has 4 rings (SSSR count). The van der Waals surface area contributed by atoms with E-state index in [0.29, 0.717) is 0 Å². The quantitative estimate of drug-likeness (QED) is 0.803. The van der Waals surface area contributed by atoms with Crippen LogP contribution in [0.15, 0.2) is 55.1 Å². The van der Waals surface area contributed by atoms with Gasteiger partial charge in [0.15, 0.2) is 5.82 Å². The van der Waals surface area contributed by atoms with Crippen molar-refractivity contribution >= 4 is 5.82 Å². The molecule has 1 atom stereocenters. The molecule has 1 N–H and O–H groups in total. The maximum Gasteiger partial charge on any atom is 0.159 e. The summed E-state index contributed by atoms with van der Waals surface area (Å²) in [5.74, 6) is 1.59. The molecule has 0 amide bonds. The highest BCUT2D eigenvalue weighted by molar-refractivity contribution is 5.55. The first-order chi connectivity index (χ1) is 11.4. The van der Waals surface area contributed by atoms with Crippen molar-refractivity contribution in [3.05, 3.63) is 66.4 Å². The van der Waals surface area contributed by atoms with Crippen LogP contribution in [0.5, 0.6) is 0 Å². The molecule has 23 heavy (non-hydrogen) atoms. The first kappa shape index (κ1) is 13.8. The van der Waals surface area contributed by atoms with Gasteiger partial charge in [-0.05, 0) is 19.3 Å². The highest BCUT2D eigenvalue weighted by Gasteiger charge is 2.22. The Hall–Kier alpha value is -2.82. The number of benzene rings is 1. The van der Waals surface area contributed by atoms with Gasteiger partial charge in [0.05, 0.1) is 12.2 Å². The van der Waals surface area contributed by atoms with Crippen LogP contribution in [0, 0.1) is 0 Å². The second-order valence-electron chi connectivity index (χ2n) is 5.64. The summed E-state index contributed by atoms with van der Waals surface area (Å²) in [6, 6.07) is 10.3. The lowest BCUT2D eigenvalue weighted by Gasteiger charge is -2.25. The molecular formula is C18H17N5. The lowest BCUT2D eigenvalue weighted by atomic mass is 9.92. The number of aryl methyl sites for hydroxylation is 1. The Morgan fingerprint density at radius 3 is 2.74 bits per heavy atom. The van der Waals surface area contributed by atoms with Crippen LogP contribution in [-0.4, -0.2) is 19.9 Å². The van der Waals surface area contributed by atoms with E-state index in [1.807, 2.05) is 36.5 Å². The molecule has 2 heterocycles. The zero-order valence-corrected chi connectivity index (χ0v) is 12.7. The van der Waals surface area contributed by atoms with E-state index in [1.165, 1.54) is 5.56 Å². The van der Waals surface area contributed by atoms with Crippen LogP contribution in [0.25, 0.3) is 11.4 Å². The van der Waals surface area contributed by atoms with E-state index >= 15 is 0 Å². The number of rotatable bonds is 3. The van der Waals surface area contributed by atoms with E-state index in [-0.39, 0.29) is 6.04 Å². The van der Waals surface area contributed by atoms with Crippen molar-refractivity contribution < 1.29 is 0 Å². The molecule has 0 unspecified atom stereocenters. The summed E-state index contributed by atoms with van der Waals surface area (Å²) in [7, 11) is 0. The van der Waals surface area contributed by atoms with Gasteiger partial charge < -0.3 is 5.32 Å². The number of hydrogen-bond acceptors (Lipinski definition) is 5. The fraction of sp³-hybridized carbons (Fsp3) is 0.222. The SMILES string of the molecule is c1ccc(-c2ncc3c(n2)CCC[C@H]3Nc2cnccn2)cc1. The third-order valence-corrected chi connectivity index (χ3v) is 4.10. The molecule has 5 nitrogen and oxygen atoms in total. The zero-order chi connectivity index (χ0) is 15.5. The van der Waals surface area contributed by atoms with Gasteiger partial charge in [-0.25, -0.2) is 15.0 Å². The maximum atomic E-state index is 4.79. The first-order valence-electron chi connectivity index (χ1n) is 7.84. The van der Waals surface area contributed by atoms with Crippen LogP contribution in [0.2, 0.25) is 0 Å². The van der Waals surface area contributed by atoms with Gasteiger partial charge in [0.25, 0.3) is 0 Å². The van der Waals surface area contributed by atoms with Gasteiger partial charge in [0.1, 0.15) is 5.82 Å². The predicted octanol–water partition coefficient (Wildman–Crippen LogP) is 3.42. The molecule has 114 valence electrons. The minimum atomic E-state index is 0.195. The number of fused-ring (bicyclic) bond motifs is 1. The minimum absolute atomic E-state index is 0.195. The maximum absolute atomic E-state index is 4.79. The van der Waals surface area contributed by atoms with Crippen LogP contribution in [0.3, 0.4) is 0 Å². The van der Waals surface area contributed by atoms with Crippen LogP contribution in [0.4, 0.5) is 5.82 Å². The number of aromatic nitrogens is 4. The van der Waals surface area contributed by atoms with Crippen LogP contribution in [-0.2, 0) is 6.42 Å². The smallest absolute Gasteiger partial charge is 0.159 e. The monoisotopic (exact) mass is 303 g/mol. The molecule has 0 aliphatic heterocycles. The Morgan fingerprint density at radius 1 is 1.00 bits per heavy atom. The fourth-order valence-electron chi connectivity index (χ4n) is 2.98. The van der Waals surface area contributed by atoms with E-state index in [9.17, 15) is 0 Å². The molecule has 0 radical (unpaired) electrons. The lowest BCUT2D eigenvalue weighted by Crippen LogP contribution is -2.19. The Balaban J connectivity index is 1.64. The van der Waals surface area contributed by atoms with E-state index in [0.717, 1.165) is 42.2 Å². The van der Waals surface area contributed by atoms with Crippen molar-refractivity contribution in [1.29, 1.82) is 0 Å². The van der Waals surface area contributed by atoms with E-state index in [1.54, 1.807) is 18.6 Å².